The molecule has 3 rings (SSSR count). The first kappa shape index (κ1) is 20.4. The first-order chi connectivity index (χ1) is 14.5. The van der Waals surface area contributed by atoms with Crippen molar-refractivity contribution in [1.29, 1.82) is 0 Å². The van der Waals surface area contributed by atoms with Crippen LogP contribution in [-0.2, 0) is 4.79 Å². The highest BCUT2D eigenvalue weighted by Gasteiger charge is 2.12. The van der Waals surface area contributed by atoms with E-state index < -0.39 is 4.92 Å². The van der Waals surface area contributed by atoms with Crippen molar-refractivity contribution in [2.75, 3.05) is 17.3 Å². The number of hydrazone groups is 1. The summed E-state index contributed by atoms with van der Waals surface area (Å²) in [6.45, 7) is -0.213. The van der Waals surface area contributed by atoms with Crippen LogP contribution in [0.25, 0.3) is 0 Å². The van der Waals surface area contributed by atoms with E-state index in [1.165, 1.54) is 48.8 Å². The van der Waals surface area contributed by atoms with Gasteiger partial charge < -0.3 is 10.1 Å². The summed E-state index contributed by atoms with van der Waals surface area (Å²) in [6, 6.07) is 14.9. The van der Waals surface area contributed by atoms with E-state index in [-0.39, 0.29) is 29.8 Å². The number of halogens is 1. The van der Waals surface area contributed by atoms with Gasteiger partial charge in [0.1, 0.15) is 11.6 Å². The Kier molecular flexibility index (Phi) is 6.62. The molecule has 0 spiro atoms. The van der Waals surface area contributed by atoms with E-state index in [1.54, 1.807) is 24.3 Å². The van der Waals surface area contributed by atoms with Gasteiger partial charge >= 0.3 is 5.69 Å². The van der Waals surface area contributed by atoms with Crippen LogP contribution in [0.1, 0.15) is 5.56 Å². The lowest BCUT2D eigenvalue weighted by atomic mass is 10.2. The quantitative estimate of drug-likeness (QED) is 0.333. The molecule has 9 nitrogen and oxygen atoms in total. The molecule has 2 aromatic carbocycles. The van der Waals surface area contributed by atoms with Crippen LogP contribution in [0.4, 0.5) is 21.6 Å². The maximum Gasteiger partial charge on any atom is 0.313 e. The molecule has 10 heteroatoms. The largest absolute Gasteiger partial charge is 0.484 e. The van der Waals surface area contributed by atoms with Crippen LogP contribution in [0.5, 0.6) is 5.75 Å². The lowest BCUT2D eigenvalue weighted by Crippen LogP contribution is -2.20. The minimum absolute atomic E-state index is 0.0332. The number of benzene rings is 2. The van der Waals surface area contributed by atoms with Crippen molar-refractivity contribution in [2.24, 2.45) is 5.10 Å². The Bertz CT molecular complexity index is 1060. The molecule has 0 saturated carbocycles. The van der Waals surface area contributed by atoms with Gasteiger partial charge in [0.05, 0.1) is 11.1 Å². The predicted molar refractivity (Wildman–Crippen MR) is 109 cm³/mol. The van der Waals surface area contributed by atoms with E-state index in [9.17, 15) is 19.3 Å². The number of carbonyl (C=O) groups excluding carboxylic acids is 1. The van der Waals surface area contributed by atoms with Gasteiger partial charge in [-0.3, -0.25) is 20.3 Å². The summed E-state index contributed by atoms with van der Waals surface area (Å²) in [6.07, 6.45) is 2.88. The van der Waals surface area contributed by atoms with Crippen molar-refractivity contribution >= 4 is 29.3 Å². The van der Waals surface area contributed by atoms with Crippen molar-refractivity contribution in [3.63, 3.8) is 0 Å². The second kappa shape index (κ2) is 9.73. The molecule has 152 valence electrons. The molecule has 0 radical (unpaired) electrons. The molecular formula is C20H16FN5O4. The average molecular weight is 409 g/mol. The number of nitrogens with one attached hydrogen (secondary N) is 2. The molecule has 0 aliphatic rings. The first-order valence-corrected chi connectivity index (χ1v) is 8.68. The molecule has 2 N–H and O–H groups in total. The van der Waals surface area contributed by atoms with Gasteiger partial charge in [0.15, 0.2) is 6.61 Å². The van der Waals surface area contributed by atoms with Gasteiger partial charge in [-0.25, -0.2) is 9.37 Å². The second-order valence-corrected chi connectivity index (χ2v) is 5.91. The zero-order chi connectivity index (χ0) is 21.3. The minimum Gasteiger partial charge on any atom is -0.484 e. The SMILES string of the molecule is O=C(COc1ccc(/C=N\Nc2ncccc2[N+](=O)[O-])cc1)Nc1ccc(F)cc1. The number of rotatable bonds is 8. The van der Waals surface area contributed by atoms with E-state index in [2.05, 4.69) is 20.8 Å². The van der Waals surface area contributed by atoms with Crippen LogP contribution in [-0.4, -0.2) is 28.6 Å². The molecule has 3 aromatic rings. The molecule has 0 unspecified atom stereocenters. The molecule has 0 atom stereocenters. The number of nitro groups is 1. The molecular weight excluding hydrogens is 393 g/mol. The number of ether oxygens (including phenoxy) is 1. The topological polar surface area (TPSA) is 119 Å². The number of aromatic nitrogens is 1. The maximum atomic E-state index is 12.9. The van der Waals surface area contributed by atoms with Crippen LogP contribution in [0, 0.1) is 15.9 Å². The Hall–Kier alpha value is -4.34. The molecule has 1 amide bonds. The highest BCUT2D eigenvalue weighted by atomic mass is 19.1. The van der Waals surface area contributed by atoms with E-state index in [0.717, 1.165) is 0 Å². The van der Waals surface area contributed by atoms with Gasteiger partial charge in [-0.1, -0.05) is 0 Å². The molecule has 0 fully saturated rings. The summed E-state index contributed by atoms with van der Waals surface area (Å²) in [5.74, 6) is -0.268. The Balaban J connectivity index is 1.50. The maximum absolute atomic E-state index is 12.9. The number of pyridine rings is 1. The van der Waals surface area contributed by atoms with Crippen LogP contribution < -0.4 is 15.5 Å². The van der Waals surface area contributed by atoms with Crippen LogP contribution >= 0.6 is 0 Å². The summed E-state index contributed by atoms with van der Waals surface area (Å²) in [5, 5.41) is 17.5. The van der Waals surface area contributed by atoms with Gasteiger partial charge in [-0.2, -0.15) is 5.10 Å². The zero-order valence-electron chi connectivity index (χ0n) is 15.5. The van der Waals surface area contributed by atoms with Gasteiger partial charge in [0.25, 0.3) is 5.91 Å². The molecule has 0 bridgehead atoms. The fourth-order valence-electron chi connectivity index (χ4n) is 2.33. The fraction of sp³-hybridized carbons (Fsp3) is 0.0500. The summed E-state index contributed by atoms with van der Waals surface area (Å²) < 4.78 is 18.3. The Morgan fingerprint density at radius 3 is 2.60 bits per heavy atom. The fourth-order valence-corrected chi connectivity index (χ4v) is 2.33. The van der Waals surface area contributed by atoms with Crippen LogP contribution in [0.2, 0.25) is 0 Å². The summed E-state index contributed by atoms with van der Waals surface area (Å²) >= 11 is 0. The number of hydrogen-bond acceptors (Lipinski definition) is 7. The minimum atomic E-state index is -0.552. The normalized spacial score (nSPS) is 10.6. The van der Waals surface area contributed by atoms with E-state index in [0.29, 0.717) is 17.0 Å². The summed E-state index contributed by atoms with van der Waals surface area (Å²) in [4.78, 5) is 26.1. The average Bonchev–Trinajstić information content (AvgIpc) is 2.75. The number of hydrogen-bond donors (Lipinski definition) is 2. The highest BCUT2D eigenvalue weighted by molar-refractivity contribution is 5.91. The van der Waals surface area contributed by atoms with Crippen LogP contribution in [0.15, 0.2) is 72.0 Å². The number of carbonyl (C=O) groups is 1. The van der Waals surface area contributed by atoms with Crippen molar-refractivity contribution < 1.29 is 18.8 Å². The third kappa shape index (κ3) is 5.83. The number of anilines is 2. The molecule has 1 aromatic heterocycles. The summed E-state index contributed by atoms with van der Waals surface area (Å²) in [7, 11) is 0. The van der Waals surface area contributed by atoms with E-state index in [4.69, 9.17) is 4.74 Å². The molecule has 0 aliphatic heterocycles. The van der Waals surface area contributed by atoms with E-state index in [1.807, 2.05) is 0 Å². The monoisotopic (exact) mass is 409 g/mol. The smallest absolute Gasteiger partial charge is 0.313 e. The van der Waals surface area contributed by atoms with Crippen molar-refractivity contribution in [3.8, 4) is 5.75 Å². The first-order valence-electron chi connectivity index (χ1n) is 8.68. The Labute approximate surface area is 170 Å². The predicted octanol–water partition coefficient (Wildman–Crippen LogP) is 3.59. The van der Waals surface area contributed by atoms with E-state index >= 15 is 0 Å². The Morgan fingerprint density at radius 2 is 1.90 bits per heavy atom. The molecule has 0 saturated heterocycles. The van der Waals surface area contributed by atoms with Crippen LogP contribution in [0.3, 0.4) is 0 Å². The lowest BCUT2D eigenvalue weighted by molar-refractivity contribution is -0.384. The molecule has 1 heterocycles. The zero-order valence-corrected chi connectivity index (χ0v) is 15.5. The molecule has 0 aliphatic carbocycles. The molecule has 30 heavy (non-hydrogen) atoms. The highest BCUT2D eigenvalue weighted by Crippen LogP contribution is 2.20. The Morgan fingerprint density at radius 1 is 1.17 bits per heavy atom. The van der Waals surface area contributed by atoms with Crippen molar-refractivity contribution in [3.05, 3.63) is 88.4 Å². The number of amides is 1. The van der Waals surface area contributed by atoms with Crippen molar-refractivity contribution in [1.82, 2.24) is 4.98 Å². The van der Waals surface area contributed by atoms with Gasteiger partial charge in [0, 0.05) is 18.0 Å². The third-order valence-electron chi connectivity index (χ3n) is 3.75. The second-order valence-electron chi connectivity index (χ2n) is 5.91. The van der Waals surface area contributed by atoms with Gasteiger partial charge in [0.2, 0.25) is 5.82 Å². The lowest BCUT2D eigenvalue weighted by Gasteiger charge is -2.07. The number of nitrogens with zero attached hydrogens (tertiary/aromatic N) is 3. The van der Waals surface area contributed by atoms with Gasteiger partial charge in [-0.05, 0) is 60.2 Å². The standard InChI is InChI=1S/C20H16FN5O4/c21-15-5-7-16(8-6-15)24-19(27)13-30-17-9-3-14(4-10-17)12-23-25-20-18(26(28)29)2-1-11-22-20/h1-12H,13H2,(H,22,25)(H,24,27)/b23-12-. The summed E-state index contributed by atoms with van der Waals surface area (Å²) in [5.41, 5.74) is 3.52. The third-order valence-corrected chi connectivity index (χ3v) is 3.75. The van der Waals surface area contributed by atoms with Gasteiger partial charge in [-0.15, -0.1) is 0 Å². The van der Waals surface area contributed by atoms with Crippen molar-refractivity contribution in [2.45, 2.75) is 0 Å².